The molecule has 1 aliphatic heterocycles. The minimum absolute atomic E-state index is 0. The van der Waals surface area contributed by atoms with E-state index in [9.17, 15) is 13.2 Å². The van der Waals surface area contributed by atoms with Crippen LogP contribution in [0.15, 0.2) is 35.2 Å². The van der Waals surface area contributed by atoms with Crippen molar-refractivity contribution in [2.45, 2.75) is 17.7 Å². The fraction of sp³-hybridized carbons (Fsp3) is 0.500. The highest BCUT2D eigenvalue weighted by molar-refractivity contribution is 7.89. The average molecular weight is 348 g/mol. The maximum Gasteiger partial charge on any atom is 0.240 e. The molecule has 6 nitrogen and oxygen atoms in total. The van der Waals surface area contributed by atoms with E-state index in [0.717, 1.165) is 26.1 Å². The summed E-state index contributed by atoms with van der Waals surface area (Å²) in [5.41, 5.74) is 0. The summed E-state index contributed by atoms with van der Waals surface area (Å²) in [6, 6.07) is 8.17. The number of carbonyl (C=O) groups excluding carboxylic acids is 1. The second kappa shape index (κ2) is 9.09. The summed E-state index contributed by atoms with van der Waals surface area (Å²) in [7, 11) is -3.53. The first-order valence-electron chi connectivity index (χ1n) is 7.13. The fourth-order valence-electron chi connectivity index (χ4n) is 2.23. The van der Waals surface area contributed by atoms with E-state index >= 15 is 0 Å². The molecule has 2 N–H and O–H groups in total. The monoisotopic (exact) mass is 347 g/mol. The Morgan fingerprint density at radius 2 is 1.91 bits per heavy atom. The molecule has 0 aliphatic carbocycles. The first-order chi connectivity index (χ1) is 10.1. The van der Waals surface area contributed by atoms with E-state index in [2.05, 4.69) is 10.0 Å². The van der Waals surface area contributed by atoms with Gasteiger partial charge in [-0.05, 0) is 25.1 Å². The normalized spacial score (nSPS) is 15.7. The Morgan fingerprint density at radius 1 is 1.18 bits per heavy atom. The van der Waals surface area contributed by atoms with Gasteiger partial charge >= 0.3 is 0 Å². The van der Waals surface area contributed by atoms with Crippen LogP contribution in [0.5, 0.6) is 0 Å². The minimum Gasteiger partial charge on any atom is -0.341 e. The van der Waals surface area contributed by atoms with Gasteiger partial charge in [-0.25, -0.2) is 13.1 Å². The van der Waals surface area contributed by atoms with Gasteiger partial charge in [0.2, 0.25) is 15.9 Å². The molecule has 1 aromatic carbocycles. The van der Waals surface area contributed by atoms with E-state index in [1.165, 1.54) is 12.1 Å². The Kier molecular flexibility index (Phi) is 7.81. The largest absolute Gasteiger partial charge is 0.341 e. The maximum absolute atomic E-state index is 12.0. The maximum atomic E-state index is 12.0. The van der Waals surface area contributed by atoms with Gasteiger partial charge in [0.15, 0.2) is 0 Å². The van der Waals surface area contributed by atoms with Crippen LogP contribution in [0.4, 0.5) is 0 Å². The Labute approximate surface area is 137 Å². The zero-order chi connectivity index (χ0) is 15.1. The van der Waals surface area contributed by atoms with Crippen molar-refractivity contribution in [2.75, 3.05) is 32.7 Å². The molecule has 0 aromatic heterocycles. The van der Waals surface area contributed by atoms with Crippen molar-refractivity contribution in [3.05, 3.63) is 30.3 Å². The van der Waals surface area contributed by atoms with Crippen LogP contribution in [-0.2, 0) is 14.8 Å². The highest BCUT2D eigenvalue weighted by atomic mass is 35.5. The fourth-order valence-corrected chi connectivity index (χ4v) is 3.28. The van der Waals surface area contributed by atoms with Gasteiger partial charge in [0, 0.05) is 32.6 Å². The quantitative estimate of drug-likeness (QED) is 0.817. The van der Waals surface area contributed by atoms with E-state index in [-0.39, 0.29) is 36.2 Å². The summed E-state index contributed by atoms with van der Waals surface area (Å²) in [4.78, 5) is 14.0. The Morgan fingerprint density at radius 3 is 2.64 bits per heavy atom. The van der Waals surface area contributed by atoms with Gasteiger partial charge in [0.05, 0.1) is 4.90 Å². The van der Waals surface area contributed by atoms with Crippen molar-refractivity contribution < 1.29 is 13.2 Å². The number of carbonyl (C=O) groups is 1. The van der Waals surface area contributed by atoms with E-state index in [0.29, 0.717) is 6.54 Å². The lowest BCUT2D eigenvalue weighted by molar-refractivity contribution is -0.130. The van der Waals surface area contributed by atoms with E-state index in [1.54, 1.807) is 23.1 Å². The van der Waals surface area contributed by atoms with Crippen molar-refractivity contribution in [1.29, 1.82) is 0 Å². The summed E-state index contributed by atoms with van der Waals surface area (Å²) in [5.74, 6) is -0.00513. The third-order valence-electron chi connectivity index (χ3n) is 3.38. The van der Waals surface area contributed by atoms with Gasteiger partial charge in [-0.1, -0.05) is 18.2 Å². The molecule has 0 saturated carbocycles. The van der Waals surface area contributed by atoms with Crippen LogP contribution in [0, 0.1) is 0 Å². The lowest BCUT2D eigenvalue weighted by Gasteiger charge is -2.19. The van der Waals surface area contributed by atoms with Gasteiger partial charge in [-0.3, -0.25) is 4.79 Å². The number of hydrogen-bond donors (Lipinski definition) is 2. The standard InChI is InChI=1S/C14H21N3O3S.ClH/c18-14(17-11-4-8-15-10-12-17)7-9-16-21(19,20)13-5-2-1-3-6-13;/h1-3,5-6,15-16H,4,7-12H2;1H. The number of benzene rings is 1. The van der Waals surface area contributed by atoms with Crippen LogP contribution in [0.25, 0.3) is 0 Å². The molecular formula is C14H22ClN3O3S. The molecule has 0 spiro atoms. The highest BCUT2D eigenvalue weighted by Crippen LogP contribution is 2.07. The summed E-state index contributed by atoms with van der Waals surface area (Å²) >= 11 is 0. The van der Waals surface area contributed by atoms with Crippen LogP contribution in [0.1, 0.15) is 12.8 Å². The zero-order valence-corrected chi connectivity index (χ0v) is 14.0. The van der Waals surface area contributed by atoms with Gasteiger partial charge in [-0.15, -0.1) is 12.4 Å². The zero-order valence-electron chi connectivity index (χ0n) is 12.3. The first-order valence-corrected chi connectivity index (χ1v) is 8.61. The molecule has 1 fully saturated rings. The second-order valence-corrected chi connectivity index (χ2v) is 6.71. The number of rotatable bonds is 5. The Bertz CT molecular complexity index is 558. The molecule has 0 atom stereocenters. The summed E-state index contributed by atoms with van der Waals surface area (Å²) in [6.45, 7) is 3.26. The number of amides is 1. The molecule has 1 aliphatic rings. The molecule has 124 valence electrons. The van der Waals surface area contributed by atoms with Crippen molar-refractivity contribution in [1.82, 2.24) is 14.9 Å². The topological polar surface area (TPSA) is 78.5 Å². The Balaban J connectivity index is 0.00000242. The third kappa shape index (κ3) is 5.57. The SMILES string of the molecule is Cl.O=C(CCNS(=O)(=O)c1ccccc1)N1CCCNCC1. The number of nitrogens with one attached hydrogen (secondary N) is 2. The van der Waals surface area contributed by atoms with Gasteiger partial charge in [0.25, 0.3) is 0 Å². The van der Waals surface area contributed by atoms with E-state index < -0.39 is 10.0 Å². The summed E-state index contributed by atoms with van der Waals surface area (Å²) < 4.78 is 26.5. The molecule has 0 bridgehead atoms. The van der Waals surface area contributed by atoms with Crippen molar-refractivity contribution in [3.8, 4) is 0 Å². The molecule has 1 saturated heterocycles. The van der Waals surface area contributed by atoms with Crippen LogP contribution in [-0.4, -0.2) is 51.9 Å². The average Bonchev–Trinajstić information content (AvgIpc) is 2.77. The lowest BCUT2D eigenvalue weighted by atomic mass is 10.3. The minimum atomic E-state index is -3.53. The molecule has 0 unspecified atom stereocenters. The first kappa shape index (κ1) is 18.9. The number of halogens is 1. The molecule has 0 radical (unpaired) electrons. The second-order valence-electron chi connectivity index (χ2n) is 4.95. The van der Waals surface area contributed by atoms with Crippen LogP contribution in [0.3, 0.4) is 0 Å². The van der Waals surface area contributed by atoms with Crippen molar-refractivity contribution >= 4 is 28.3 Å². The predicted octanol–water partition coefficient (Wildman–Crippen LogP) is 0.599. The number of hydrogen-bond acceptors (Lipinski definition) is 4. The van der Waals surface area contributed by atoms with E-state index in [4.69, 9.17) is 0 Å². The number of sulfonamides is 1. The third-order valence-corrected chi connectivity index (χ3v) is 4.85. The molecule has 8 heteroatoms. The van der Waals surface area contributed by atoms with Gasteiger partial charge in [-0.2, -0.15) is 0 Å². The van der Waals surface area contributed by atoms with Gasteiger partial charge in [0.1, 0.15) is 0 Å². The van der Waals surface area contributed by atoms with Crippen molar-refractivity contribution in [2.24, 2.45) is 0 Å². The van der Waals surface area contributed by atoms with Crippen LogP contribution < -0.4 is 10.0 Å². The molecule has 2 rings (SSSR count). The number of nitrogens with zero attached hydrogens (tertiary/aromatic N) is 1. The molecule has 22 heavy (non-hydrogen) atoms. The lowest BCUT2D eigenvalue weighted by Crippen LogP contribution is -2.36. The highest BCUT2D eigenvalue weighted by Gasteiger charge is 2.17. The Hall–Kier alpha value is -1.15. The molecule has 1 heterocycles. The summed E-state index contributed by atoms with van der Waals surface area (Å²) in [5, 5.41) is 3.23. The predicted molar refractivity (Wildman–Crippen MR) is 87.6 cm³/mol. The summed E-state index contributed by atoms with van der Waals surface area (Å²) in [6.07, 6.45) is 1.12. The van der Waals surface area contributed by atoms with E-state index in [1.807, 2.05) is 0 Å². The van der Waals surface area contributed by atoms with Crippen molar-refractivity contribution in [3.63, 3.8) is 0 Å². The molecule has 1 aromatic rings. The van der Waals surface area contributed by atoms with Crippen LogP contribution >= 0.6 is 12.4 Å². The van der Waals surface area contributed by atoms with Crippen LogP contribution in [0.2, 0.25) is 0 Å². The molecule has 1 amide bonds. The molecular weight excluding hydrogens is 326 g/mol. The van der Waals surface area contributed by atoms with Gasteiger partial charge < -0.3 is 10.2 Å². The smallest absolute Gasteiger partial charge is 0.240 e.